The zero-order chi connectivity index (χ0) is 16.0. The second kappa shape index (κ2) is 7.41. The molecule has 1 rings (SSSR count). The average molecular weight is 316 g/mol. The lowest BCUT2D eigenvalue weighted by Gasteiger charge is -2.27. The van der Waals surface area contributed by atoms with Gasteiger partial charge in [0.25, 0.3) is 0 Å². The number of aryl methyl sites for hydroxylation is 1. The van der Waals surface area contributed by atoms with Crippen molar-refractivity contribution in [1.82, 2.24) is 20.1 Å². The minimum absolute atomic E-state index is 0.340. The number of methoxy groups -OCH3 is 1. The number of aromatic nitrogens is 3. The lowest BCUT2D eigenvalue weighted by Crippen LogP contribution is -2.50. The topological polar surface area (TPSA) is 106 Å². The van der Waals surface area contributed by atoms with Gasteiger partial charge in [0.2, 0.25) is 0 Å². The van der Waals surface area contributed by atoms with Gasteiger partial charge in [-0.05, 0) is 19.9 Å². The Hall–Kier alpha value is -1.61. The fourth-order valence-corrected chi connectivity index (χ4v) is 2.89. The summed E-state index contributed by atoms with van der Waals surface area (Å²) >= 11 is 1.28. The minimum atomic E-state index is -0.821. The van der Waals surface area contributed by atoms with E-state index in [9.17, 15) is 14.4 Å². The Morgan fingerprint density at radius 2 is 2.19 bits per heavy atom. The summed E-state index contributed by atoms with van der Waals surface area (Å²) in [5, 5.41) is 5.86. The summed E-state index contributed by atoms with van der Waals surface area (Å²) in [6, 6.07) is 0. The molecule has 21 heavy (non-hydrogen) atoms. The highest BCUT2D eigenvalue weighted by Crippen LogP contribution is 2.19. The Bertz CT molecular complexity index is 612. The van der Waals surface area contributed by atoms with Crippen LogP contribution in [-0.2, 0) is 16.6 Å². The average Bonchev–Trinajstić information content (AvgIpc) is 2.43. The molecule has 1 atom stereocenters. The predicted octanol–water partition coefficient (Wildman–Crippen LogP) is -0.508. The molecule has 9 heteroatoms. The van der Waals surface area contributed by atoms with Gasteiger partial charge in [0.05, 0.1) is 7.11 Å². The Kier molecular flexibility index (Phi) is 6.16. The van der Waals surface area contributed by atoms with Crippen molar-refractivity contribution in [3.63, 3.8) is 0 Å². The van der Waals surface area contributed by atoms with E-state index in [1.54, 1.807) is 14.0 Å². The van der Waals surface area contributed by atoms with E-state index >= 15 is 0 Å². The van der Waals surface area contributed by atoms with Crippen LogP contribution in [0.3, 0.4) is 0 Å². The van der Waals surface area contributed by atoms with Crippen molar-refractivity contribution in [1.29, 1.82) is 0 Å². The molecule has 0 aliphatic heterocycles. The lowest BCUT2D eigenvalue weighted by molar-refractivity contribution is -0.147. The molecule has 0 amide bonds. The number of ether oxygens (including phenoxy) is 1. The fourth-order valence-electron chi connectivity index (χ4n) is 1.81. The van der Waals surface area contributed by atoms with Crippen molar-refractivity contribution in [3.8, 4) is 0 Å². The van der Waals surface area contributed by atoms with Gasteiger partial charge in [0.15, 0.2) is 5.16 Å². The first-order valence-corrected chi connectivity index (χ1v) is 7.46. The largest absolute Gasteiger partial charge is 0.468 e. The molecule has 0 radical (unpaired) electrons. The molecule has 1 heterocycles. The van der Waals surface area contributed by atoms with E-state index in [0.29, 0.717) is 23.9 Å². The van der Waals surface area contributed by atoms with Gasteiger partial charge in [-0.2, -0.15) is 4.98 Å². The first-order chi connectivity index (χ1) is 9.84. The zero-order valence-corrected chi connectivity index (χ0v) is 13.4. The smallest absolute Gasteiger partial charge is 0.339 e. The van der Waals surface area contributed by atoms with Crippen LogP contribution in [0.25, 0.3) is 0 Å². The SMILES string of the molecule is CCNC(C)(CCSc1nc(=O)c(=O)[nH]n1C)C(=O)OC. The van der Waals surface area contributed by atoms with Crippen molar-refractivity contribution in [2.24, 2.45) is 7.05 Å². The zero-order valence-electron chi connectivity index (χ0n) is 12.6. The number of thioether (sulfide) groups is 1. The Morgan fingerprint density at radius 3 is 2.76 bits per heavy atom. The standard InChI is InChI=1S/C12H20N4O4S/c1-5-13-12(2,10(19)20-4)6-7-21-11-14-8(17)9(18)15-16(11)3/h13H,5-7H2,1-4H3,(H,15,18). The Balaban J connectivity index is 2.75. The third-order valence-corrected chi connectivity index (χ3v) is 4.02. The quantitative estimate of drug-likeness (QED) is 0.396. The maximum Gasteiger partial charge on any atom is 0.339 e. The van der Waals surface area contributed by atoms with Crippen LogP contribution in [0.1, 0.15) is 20.3 Å². The van der Waals surface area contributed by atoms with E-state index in [1.807, 2.05) is 6.92 Å². The molecule has 1 aromatic heterocycles. The first-order valence-electron chi connectivity index (χ1n) is 6.47. The number of H-pyrrole nitrogens is 1. The van der Waals surface area contributed by atoms with Crippen LogP contribution in [0.4, 0.5) is 0 Å². The van der Waals surface area contributed by atoms with Crippen LogP contribution in [0.5, 0.6) is 0 Å². The molecule has 0 aliphatic rings. The second-order valence-electron chi connectivity index (χ2n) is 4.65. The lowest BCUT2D eigenvalue weighted by atomic mass is 9.99. The van der Waals surface area contributed by atoms with Gasteiger partial charge in [-0.1, -0.05) is 18.7 Å². The number of hydrogen-bond acceptors (Lipinski definition) is 7. The van der Waals surface area contributed by atoms with Crippen LogP contribution in [0.2, 0.25) is 0 Å². The summed E-state index contributed by atoms with van der Waals surface area (Å²) in [5.74, 6) is 0.193. The molecule has 118 valence electrons. The monoisotopic (exact) mass is 316 g/mol. The van der Waals surface area contributed by atoms with Gasteiger partial charge in [0, 0.05) is 12.8 Å². The highest BCUT2D eigenvalue weighted by molar-refractivity contribution is 7.99. The van der Waals surface area contributed by atoms with Crippen LogP contribution in [0, 0.1) is 0 Å². The van der Waals surface area contributed by atoms with Crippen molar-refractivity contribution in [2.75, 3.05) is 19.4 Å². The molecule has 0 saturated carbocycles. The maximum absolute atomic E-state index is 11.8. The van der Waals surface area contributed by atoms with E-state index in [1.165, 1.54) is 23.6 Å². The number of nitrogens with one attached hydrogen (secondary N) is 2. The molecule has 0 saturated heterocycles. The first kappa shape index (κ1) is 17.4. The molecule has 0 spiro atoms. The maximum atomic E-state index is 11.8. The summed E-state index contributed by atoms with van der Waals surface area (Å²) in [6.07, 6.45) is 0.493. The predicted molar refractivity (Wildman–Crippen MR) is 79.5 cm³/mol. The number of hydrogen-bond donors (Lipinski definition) is 2. The normalized spacial score (nSPS) is 13.7. The van der Waals surface area contributed by atoms with Crippen LogP contribution in [0.15, 0.2) is 14.7 Å². The van der Waals surface area contributed by atoms with E-state index in [4.69, 9.17) is 4.74 Å². The Morgan fingerprint density at radius 1 is 1.52 bits per heavy atom. The van der Waals surface area contributed by atoms with Gasteiger partial charge in [0.1, 0.15) is 5.54 Å². The molecule has 0 fully saturated rings. The minimum Gasteiger partial charge on any atom is -0.468 e. The highest BCUT2D eigenvalue weighted by atomic mass is 32.2. The molecular weight excluding hydrogens is 296 g/mol. The van der Waals surface area contributed by atoms with E-state index < -0.39 is 16.7 Å². The number of esters is 1. The molecule has 1 aromatic rings. The van der Waals surface area contributed by atoms with Crippen LogP contribution >= 0.6 is 11.8 Å². The molecule has 1 unspecified atom stereocenters. The number of carbonyl (C=O) groups is 1. The van der Waals surface area contributed by atoms with Gasteiger partial charge in [-0.3, -0.25) is 24.2 Å². The number of nitrogens with zero attached hydrogens (tertiary/aromatic N) is 2. The fraction of sp³-hybridized carbons (Fsp3) is 0.667. The van der Waals surface area contributed by atoms with E-state index in [-0.39, 0.29) is 5.97 Å². The summed E-state index contributed by atoms with van der Waals surface area (Å²) in [4.78, 5) is 37.9. The molecule has 8 nitrogen and oxygen atoms in total. The molecule has 0 bridgehead atoms. The summed E-state index contributed by atoms with van der Waals surface area (Å²) in [7, 11) is 2.94. The molecule has 0 aliphatic carbocycles. The summed E-state index contributed by atoms with van der Waals surface area (Å²) < 4.78 is 6.19. The van der Waals surface area contributed by atoms with Gasteiger partial charge >= 0.3 is 17.1 Å². The summed E-state index contributed by atoms with van der Waals surface area (Å²) in [5.41, 5.74) is -2.37. The molecule has 0 aromatic carbocycles. The number of carbonyl (C=O) groups excluding carboxylic acids is 1. The van der Waals surface area contributed by atoms with Crippen molar-refractivity contribution in [2.45, 2.75) is 31.0 Å². The van der Waals surface area contributed by atoms with Crippen molar-refractivity contribution >= 4 is 17.7 Å². The van der Waals surface area contributed by atoms with Crippen LogP contribution < -0.4 is 16.4 Å². The molecule has 2 N–H and O–H groups in total. The van der Waals surface area contributed by atoms with Gasteiger partial charge < -0.3 is 10.1 Å². The van der Waals surface area contributed by atoms with Gasteiger partial charge in [-0.15, -0.1) is 0 Å². The number of rotatable bonds is 7. The second-order valence-corrected chi connectivity index (χ2v) is 5.71. The third-order valence-electron chi connectivity index (χ3n) is 2.98. The van der Waals surface area contributed by atoms with Crippen molar-refractivity contribution < 1.29 is 9.53 Å². The van der Waals surface area contributed by atoms with Gasteiger partial charge in [-0.25, -0.2) is 0 Å². The Labute approximate surface area is 126 Å². The van der Waals surface area contributed by atoms with E-state index in [2.05, 4.69) is 15.4 Å². The number of likely N-dealkylation sites (N-methyl/N-ethyl adjacent to an activating group) is 1. The highest BCUT2D eigenvalue weighted by Gasteiger charge is 2.32. The van der Waals surface area contributed by atoms with Crippen LogP contribution in [-0.4, -0.2) is 45.7 Å². The number of aromatic amines is 1. The van der Waals surface area contributed by atoms with E-state index in [0.717, 1.165) is 0 Å². The van der Waals surface area contributed by atoms with Crippen molar-refractivity contribution in [3.05, 3.63) is 20.7 Å². The summed E-state index contributed by atoms with van der Waals surface area (Å²) in [6.45, 7) is 4.30. The third kappa shape index (κ3) is 4.43. The molecular formula is C12H20N4O4S.